The Kier molecular flexibility index (Phi) is 7.69. The number of hydrogen-bond donors (Lipinski definition) is 2. The minimum atomic E-state index is 0.232. The van der Waals surface area contributed by atoms with Crippen LogP contribution in [0.5, 0.6) is 11.5 Å². The van der Waals surface area contributed by atoms with Crippen molar-refractivity contribution >= 4 is 12.6 Å². The Morgan fingerprint density at radius 3 is 2.39 bits per heavy atom. The van der Waals surface area contributed by atoms with Crippen LogP contribution in [0.4, 0.5) is 0 Å². The van der Waals surface area contributed by atoms with E-state index < -0.39 is 0 Å². The highest BCUT2D eigenvalue weighted by Crippen LogP contribution is 2.17. The van der Waals surface area contributed by atoms with Gasteiger partial charge in [-0.05, 0) is 37.1 Å². The quantitative estimate of drug-likeness (QED) is 0.535. The summed E-state index contributed by atoms with van der Waals surface area (Å²) >= 11 is 4.16. The SMILES string of the molecule is COc1ccc(OCCCCC[C@H](N)CS)cc1. The Morgan fingerprint density at radius 1 is 1.11 bits per heavy atom. The van der Waals surface area contributed by atoms with Crippen molar-refractivity contribution in [2.24, 2.45) is 5.73 Å². The van der Waals surface area contributed by atoms with Crippen LogP contribution < -0.4 is 15.2 Å². The lowest BCUT2D eigenvalue weighted by Crippen LogP contribution is -2.21. The highest BCUT2D eigenvalue weighted by atomic mass is 32.1. The smallest absolute Gasteiger partial charge is 0.119 e. The third-order valence-electron chi connectivity index (χ3n) is 2.78. The van der Waals surface area contributed by atoms with Crippen LogP contribution in [0.2, 0.25) is 0 Å². The predicted octanol–water partition coefficient (Wildman–Crippen LogP) is 2.89. The number of unbranched alkanes of at least 4 members (excludes halogenated alkanes) is 2. The Morgan fingerprint density at radius 2 is 1.78 bits per heavy atom. The monoisotopic (exact) mass is 269 g/mol. The summed E-state index contributed by atoms with van der Waals surface area (Å²) in [6, 6.07) is 7.89. The fourth-order valence-corrected chi connectivity index (χ4v) is 1.82. The van der Waals surface area contributed by atoms with Crippen LogP contribution in [-0.2, 0) is 0 Å². The molecule has 0 aliphatic carbocycles. The first-order chi connectivity index (χ1) is 8.76. The van der Waals surface area contributed by atoms with E-state index in [4.69, 9.17) is 15.2 Å². The van der Waals surface area contributed by atoms with E-state index in [0.29, 0.717) is 0 Å². The van der Waals surface area contributed by atoms with Gasteiger partial charge in [0.05, 0.1) is 13.7 Å². The van der Waals surface area contributed by atoms with Gasteiger partial charge in [-0.2, -0.15) is 12.6 Å². The third-order valence-corrected chi connectivity index (χ3v) is 3.25. The molecule has 0 aliphatic heterocycles. The maximum atomic E-state index is 5.79. The van der Waals surface area contributed by atoms with E-state index in [0.717, 1.165) is 49.5 Å². The number of methoxy groups -OCH3 is 1. The van der Waals surface area contributed by atoms with Gasteiger partial charge in [-0.1, -0.05) is 12.8 Å². The molecule has 0 aromatic heterocycles. The molecule has 18 heavy (non-hydrogen) atoms. The Hall–Kier alpha value is -0.870. The minimum absolute atomic E-state index is 0.232. The lowest BCUT2D eigenvalue weighted by Gasteiger charge is -2.09. The van der Waals surface area contributed by atoms with Crippen LogP contribution in [0.3, 0.4) is 0 Å². The van der Waals surface area contributed by atoms with Gasteiger partial charge in [-0.15, -0.1) is 0 Å². The molecule has 0 saturated heterocycles. The molecule has 0 amide bonds. The highest BCUT2D eigenvalue weighted by molar-refractivity contribution is 7.80. The zero-order valence-corrected chi connectivity index (χ0v) is 11.9. The van der Waals surface area contributed by atoms with Gasteiger partial charge < -0.3 is 15.2 Å². The summed E-state index contributed by atoms with van der Waals surface area (Å²) in [7, 11) is 1.66. The summed E-state index contributed by atoms with van der Waals surface area (Å²) in [6.45, 7) is 0.752. The topological polar surface area (TPSA) is 44.5 Å². The molecular weight excluding hydrogens is 246 g/mol. The van der Waals surface area contributed by atoms with E-state index in [2.05, 4.69) is 12.6 Å². The number of benzene rings is 1. The second-order valence-electron chi connectivity index (χ2n) is 4.32. The molecule has 0 aliphatic rings. The van der Waals surface area contributed by atoms with Gasteiger partial charge in [-0.3, -0.25) is 0 Å². The fourth-order valence-electron chi connectivity index (χ4n) is 1.64. The van der Waals surface area contributed by atoms with Gasteiger partial charge in [0.15, 0.2) is 0 Å². The van der Waals surface area contributed by atoms with Gasteiger partial charge in [-0.25, -0.2) is 0 Å². The summed E-state index contributed by atoms with van der Waals surface area (Å²) in [5.41, 5.74) is 5.79. The number of thiol groups is 1. The summed E-state index contributed by atoms with van der Waals surface area (Å²) in [5.74, 6) is 2.51. The second kappa shape index (κ2) is 9.11. The molecule has 0 radical (unpaired) electrons. The van der Waals surface area contributed by atoms with Crippen LogP contribution in [0.15, 0.2) is 24.3 Å². The van der Waals surface area contributed by atoms with E-state index in [1.54, 1.807) is 7.11 Å². The van der Waals surface area contributed by atoms with Gasteiger partial charge in [0.25, 0.3) is 0 Å². The summed E-state index contributed by atoms with van der Waals surface area (Å²) in [5, 5.41) is 0. The largest absolute Gasteiger partial charge is 0.497 e. The average molecular weight is 269 g/mol. The van der Waals surface area contributed by atoms with Crippen LogP contribution in [-0.4, -0.2) is 25.5 Å². The Balaban J connectivity index is 2.06. The lowest BCUT2D eigenvalue weighted by molar-refractivity contribution is 0.303. The maximum Gasteiger partial charge on any atom is 0.119 e. The molecule has 1 rings (SSSR count). The second-order valence-corrected chi connectivity index (χ2v) is 4.68. The van der Waals surface area contributed by atoms with Crippen molar-refractivity contribution in [1.82, 2.24) is 0 Å². The van der Waals surface area contributed by atoms with Crippen LogP contribution in [0.25, 0.3) is 0 Å². The summed E-state index contributed by atoms with van der Waals surface area (Å²) in [4.78, 5) is 0. The highest BCUT2D eigenvalue weighted by Gasteiger charge is 1.99. The molecule has 2 N–H and O–H groups in total. The number of nitrogens with two attached hydrogens (primary N) is 1. The number of ether oxygens (including phenoxy) is 2. The predicted molar refractivity (Wildman–Crippen MR) is 78.8 cm³/mol. The van der Waals surface area contributed by atoms with Gasteiger partial charge in [0.2, 0.25) is 0 Å². The lowest BCUT2D eigenvalue weighted by atomic mass is 10.1. The molecule has 1 aromatic carbocycles. The summed E-state index contributed by atoms with van der Waals surface area (Å²) < 4.78 is 10.7. The summed E-state index contributed by atoms with van der Waals surface area (Å²) in [6.07, 6.45) is 4.41. The van der Waals surface area contributed by atoms with Crippen molar-refractivity contribution in [2.45, 2.75) is 31.7 Å². The van der Waals surface area contributed by atoms with Gasteiger partial charge in [0, 0.05) is 11.8 Å². The minimum Gasteiger partial charge on any atom is -0.497 e. The van der Waals surface area contributed by atoms with Crippen LogP contribution in [0.1, 0.15) is 25.7 Å². The number of rotatable bonds is 9. The normalized spacial score (nSPS) is 12.2. The van der Waals surface area contributed by atoms with Crippen LogP contribution in [0, 0.1) is 0 Å². The molecule has 0 unspecified atom stereocenters. The van der Waals surface area contributed by atoms with Crippen LogP contribution >= 0.6 is 12.6 Å². The molecule has 4 heteroatoms. The van der Waals surface area contributed by atoms with Gasteiger partial charge >= 0.3 is 0 Å². The van der Waals surface area contributed by atoms with Crippen molar-refractivity contribution in [3.05, 3.63) is 24.3 Å². The molecule has 0 bridgehead atoms. The van der Waals surface area contributed by atoms with E-state index >= 15 is 0 Å². The zero-order valence-electron chi connectivity index (χ0n) is 11.0. The van der Waals surface area contributed by atoms with Crippen molar-refractivity contribution in [2.75, 3.05) is 19.5 Å². The zero-order chi connectivity index (χ0) is 13.2. The van der Waals surface area contributed by atoms with E-state index in [-0.39, 0.29) is 6.04 Å². The molecule has 3 nitrogen and oxygen atoms in total. The van der Waals surface area contributed by atoms with Crippen molar-refractivity contribution in [1.29, 1.82) is 0 Å². The number of hydrogen-bond acceptors (Lipinski definition) is 4. The molecule has 0 spiro atoms. The third kappa shape index (κ3) is 6.17. The molecule has 1 aromatic rings. The molecular formula is C14H23NO2S. The van der Waals surface area contributed by atoms with Crippen molar-refractivity contribution < 1.29 is 9.47 Å². The van der Waals surface area contributed by atoms with E-state index in [9.17, 15) is 0 Å². The molecule has 102 valence electrons. The molecule has 1 atom stereocenters. The molecule has 0 heterocycles. The first-order valence-corrected chi connectivity index (χ1v) is 7.03. The van der Waals surface area contributed by atoms with E-state index in [1.807, 2.05) is 24.3 Å². The Labute approximate surface area is 115 Å². The first-order valence-electron chi connectivity index (χ1n) is 6.39. The molecule has 0 saturated carbocycles. The first kappa shape index (κ1) is 15.2. The molecule has 0 fully saturated rings. The van der Waals surface area contributed by atoms with Crippen molar-refractivity contribution in [3.63, 3.8) is 0 Å². The fraction of sp³-hybridized carbons (Fsp3) is 0.571. The average Bonchev–Trinajstić information content (AvgIpc) is 2.43. The van der Waals surface area contributed by atoms with Crippen molar-refractivity contribution in [3.8, 4) is 11.5 Å². The standard InChI is InChI=1S/C14H23NO2S/c1-16-13-6-8-14(9-7-13)17-10-4-2-3-5-12(15)11-18/h6-9,12,18H,2-5,10-11,15H2,1H3/t12-/m0/s1. The maximum absolute atomic E-state index is 5.79. The van der Waals surface area contributed by atoms with E-state index in [1.165, 1.54) is 0 Å². The van der Waals surface area contributed by atoms with Gasteiger partial charge in [0.1, 0.15) is 11.5 Å². The Bertz CT molecular complexity index is 316.